The number of benzene rings is 17. The summed E-state index contributed by atoms with van der Waals surface area (Å²) in [7, 11) is 0. The number of aromatic nitrogens is 4. The topological polar surface area (TPSA) is 19.7 Å². The summed E-state index contributed by atoms with van der Waals surface area (Å²) in [5.74, 6) is 6.70. The molecular formula is C120H88N4S. The van der Waals surface area contributed by atoms with Crippen LogP contribution in [-0.2, 0) is 10.8 Å². The number of hydrogen-bond acceptors (Lipinski definition) is 1. The highest BCUT2D eigenvalue weighted by atomic mass is 32.1. The predicted octanol–water partition coefficient (Wildman–Crippen LogP) is 31.7. The molecule has 0 atom stereocenters. The van der Waals surface area contributed by atoms with E-state index >= 15 is 0 Å². The lowest BCUT2D eigenvalue weighted by atomic mass is 9.43. The van der Waals surface area contributed by atoms with Crippen molar-refractivity contribution in [2.75, 3.05) is 0 Å². The van der Waals surface area contributed by atoms with E-state index in [0.717, 1.165) is 47.3 Å². The van der Waals surface area contributed by atoms with Crippen LogP contribution in [0.15, 0.2) is 364 Å². The van der Waals surface area contributed by atoms with E-state index in [1.807, 2.05) is 11.3 Å². The zero-order valence-electron chi connectivity index (χ0n) is 69.5. The Labute approximate surface area is 729 Å². The van der Waals surface area contributed by atoms with Crippen molar-refractivity contribution in [1.29, 1.82) is 0 Å². The minimum atomic E-state index is 0.142. The third kappa shape index (κ3) is 9.77. The second-order valence-corrected chi connectivity index (χ2v) is 39.7. The van der Waals surface area contributed by atoms with E-state index in [1.165, 1.54) is 261 Å². The van der Waals surface area contributed by atoms with Crippen molar-refractivity contribution in [3.8, 4) is 78.4 Å². The molecule has 4 nitrogen and oxygen atoms in total. The maximum atomic E-state index is 2.64. The molecule has 10 aliphatic carbocycles. The second kappa shape index (κ2) is 26.0. The fourth-order valence-corrected chi connectivity index (χ4v) is 29.4. The summed E-state index contributed by atoms with van der Waals surface area (Å²) in [5, 5.41) is 15.5. The Bertz CT molecular complexity index is 8370. The van der Waals surface area contributed by atoms with Gasteiger partial charge in [-0.1, -0.05) is 224 Å². The van der Waals surface area contributed by atoms with Crippen LogP contribution in [-0.4, -0.2) is 18.3 Å². The van der Waals surface area contributed by atoms with Crippen molar-refractivity contribution < 1.29 is 0 Å². The molecule has 32 rings (SSSR count). The van der Waals surface area contributed by atoms with Crippen LogP contribution in [0.3, 0.4) is 0 Å². The first-order chi connectivity index (χ1) is 61.9. The Morgan fingerprint density at radius 2 is 0.520 bits per heavy atom. The third-order valence-electron chi connectivity index (χ3n) is 32.8. The van der Waals surface area contributed by atoms with Crippen LogP contribution in [0.4, 0.5) is 0 Å². The van der Waals surface area contributed by atoms with Gasteiger partial charge in [-0.3, -0.25) is 0 Å². The molecule has 17 aromatic carbocycles. The Hall–Kier alpha value is -13.6. The molecular weight excluding hydrogens is 1530 g/mol. The van der Waals surface area contributed by atoms with Crippen LogP contribution in [0.5, 0.6) is 0 Å². The molecule has 8 bridgehead atoms. The Balaban J connectivity index is 0.000000125. The quantitative estimate of drug-likeness (QED) is 0.152. The van der Waals surface area contributed by atoms with Gasteiger partial charge in [-0.15, -0.1) is 11.3 Å². The average molecular weight is 1620 g/mol. The molecule has 594 valence electrons. The van der Waals surface area contributed by atoms with Crippen LogP contribution in [0.2, 0.25) is 0 Å². The molecule has 0 radical (unpaired) electrons. The van der Waals surface area contributed by atoms with Crippen molar-refractivity contribution in [2.45, 2.75) is 75.0 Å². The lowest BCUT2D eigenvalue weighted by Gasteiger charge is -2.61. The zero-order chi connectivity index (χ0) is 81.2. The number of nitrogens with zero attached hydrogens (tertiary/aromatic N) is 4. The summed E-state index contributed by atoms with van der Waals surface area (Å²) in [6.07, 6.45) is 14.1. The molecule has 5 heteroatoms. The van der Waals surface area contributed by atoms with Gasteiger partial charge in [0, 0.05) is 96.8 Å². The monoisotopic (exact) mass is 1620 g/mol. The largest absolute Gasteiger partial charge is 0.309 e. The molecule has 8 saturated carbocycles. The van der Waals surface area contributed by atoms with E-state index in [1.54, 1.807) is 22.3 Å². The van der Waals surface area contributed by atoms with Crippen molar-refractivity contribution >= 4 is 130 Å². The van der Waals surface area contributed by atoms with Gasteiger partial charge >= 0.3 is 0 Å². The van der Waals surface area contributed by atoms with Gasteiger partial charge in [0.2, 0.25) is 0 Å². The molecule has 5 aromatic heterocycles. The highest BCUT2D eigenvalue weighted by Crippen LogP contribution is 2.72. The summed E-state index contributed by atoms with van der Waals surface area (Å²) in [6, 6.07) is 139. The van der Waals surface area contributed by atoms with Crippen molar-refractivity contribution in [3.63, 3.8) is 0 Å². The minimum absolute atomic E-state index is 0.142. The van der Waals surface area contributed by atoms with Crippen LogP contribution < -0.4 is 0 Å². The van der Waals surface area contributed by atoms with E-state index in [-0.39, 0.29) is 10.8 Å². The van der Waals surface area contributed by atoms with Crippen molar-refractivity contribution in [2.24, 2.45) is 47.3 Å². The van der Waals surface area contributed by atoms with Gasteiger partial charge < -0.3 is 18.3 Å². The first-order valence-corrected chi connectivity index (χ1v) is 46.8. The molecule has 10 aliphatic rings. The summed E-state index contributed by atoms with van der Waals surface area (Å²) < 4.78 is 12.7. The number of hydrogen-bond donors (Lipinski definition) is 0. The Morgan fingerprint density at radius 3 is 0.976 bits per heavy atom. The van der Waals surface area contributed by atoms with E-state index < -0.39 is 0 Å². The van der Waals surface area contributed by atoms with Crippen molar-refractivity contribution in [3.05, 3.63) is 386 Å². The molecule has 0 N–H and O–H groups in total. The number of thiophene rings is 1. The van der Waals surface area contributed by atoms with Gasteiger partial charge in [-0.05, 0) is 340 Å². The fourth-order valence-electron chi connectivity index (χ4n) is 28.3. The van der Waals surface area contributed by atoms with E-state index in [2.05, 4.69) is 382 Å². The molecule has 0 unspecified atom stereocenters. The minimum Gasteiger partial charge on any atom is -0.309 e. The van der Waals surface area contributed by atoms with Crippen LogP contribution in [0.25, 0.3) is 197 Å². The van der Waals surface area contributed by atoms with Crippen molar-refractivity contribution in [1.82, 2.24) is 18.3 Å². The first kappa shape index (κ1) is 69.9. The standard InChI is InChI=1S/C62H46N2.C58H42N2S/c1-2-11-41-33-43(21-20-40(41)10-1)42-12-9-13-48(34-42)63-58-18-7-4-15-52(58)54-35-44(22-26-60(54)63)45-23-27-61-55(36-45)53-16-5-8-19-59(53)64(61)49-24-25-51-50-14-3-6-17-56(50)62(57(51)37-49)46-29-38-28-39(31-46)32-47(62)30-38;1-5-13-50-42(9-1)43-21-19-41(33-51(43)58(50)38-26-34-25-35(28-38)29-39(58)27-34)60-53-15-7-3-11-45(53)48-31-37(18-23-55(48)60)36-17-22-54-47(30-36)44-10-2-6-14-52(44)59(54)40-20-24-57-49(32-40)46-12-4-8-16-56(46)61-57/h1-27,33-39,46-47H,28-32H2;1-24,30-35,38-39H,25-29H2. The molecule has 5 heterocycles. The lowest BCUT2D eigenvalue weighted by Crippen LogP contribution is -2.55. The first-order valence-electron chi connectivity index (χ1n) is 46.0. The van der Waals surface area contributed by atoms with Crippen LogP contribution in [0.1, 0.15) is 86.5 Å². The SMILES string of the molecule is c1cc(-c2ccc3ccccc3c2)cc(-n2c3ccccc3c3cc(-c4ccc5c(c4)c4ccccc4n5-c4ccc5c(c4)C4(c6ccccc6-5)C5CC6CC(C5)CC4C6)ccc32)c1.c1ccc2c(c1)-c1ccc(-n3c4ccccc4c4cc(-c5ccc6c(c5)c5ccccc5n6-c5ccc6sc7ccccc7c6c5)ccc43)cc1C21C2CC3CC(C2)CC1C3. The molecule has 2 spiro atoms. The molecule has 0 amide bonds. The molecule has 0 saturated heterocycles. The van der Waals surface area contributed by atoms with E-state index in [4.69, 9.17) is 0 Å². The van der Waals surface area contributed by atoms with Gasteiger partial charge in [0.1, 0.15) is 0 Å². The van der Waals surface area contributed by atoms with E-state index in [9.17, 15) is 0 Å². The van der Waals surface area contributed by atoms with E-state index in [0.29, 0.717) is 0 Å². The molecule has 22 aromatic rings. The van der Waals surface area contributed by atoms with Gasteiger partial charge in [-0.25, -0.2) is 0 Å². The normalized spacial score (nSPS) is 22.1. The summed E-state index contributed by atoms with van der Waals surface area (Å²) in [6.45, 7) is 0. The van der Waals surface area contributed by atoms with Crippen LogP contribution >= 0.6 is 11.3 Å². The summed E-state index contributed by atoms with van der Waals surface area (Å²) >= 11 is 1.88. The Kier molecular flexibility index (Phi) is 14.5. The highest BCUT2D eigenvalue weighted by molar-refractivity contribution is 7.25. The van der Waals surface area contributed by atoms with Gasteiger partial charge in [0.25, 0.3) is 0 Å². The molecule has 125 heavy (non-hydrogen) atoms. The lowest BCUT2D eigenvalue weighted by molar-refractivity contribution is -0.0399. The number of rotatable bonds is 7. The van der Waals surface area contributed by atoms with Gasteiger partial charge in [0.15, 0.2) is 0 Å². The second-order valence-electron chi connectivity index (χ2n) is 38.6. The number of fused-ring (bicyclic) bond motifs is 22. The fraction of sp³-hybridized carbons (Fsp3) is 0.167. The summed E-state index contributed by atoms with van der Waals surface area (Å²) in [5.41, 5.74) is 35.0. The zero-order valence-corrected chi connectivity index (χ0v) is 70.3. The smallest absolute Gasteiger partial charge is 0.0541 e. The maximum Gasteiger partial charge on any atom is 0.0541 e. The summed E-state index contributed by atoms with van der Waals surface area (Å²) in [4.78, 5) is 0. The maximum absolute atomic E-state index is 2.64. The van der Waals surface area contributed by atoms with Crippen LogP contribution in [0, 0.1) is 47.3 Å². The molecule has 8 fully saturated rings. The van der Waals surface area contributed by atoms with Gasteiger partial charge in [0.05, 0.1) is 44.1 Å². The average Bonchev–Trinajstić information content (AvgIpc) is 1.56. The third-order valence-corrected chi connectivity index (χ3v) is 33.9. The van der Waals surface area contributed by atoms with Gasteiger partial charge in [-0.2, -0.15) is 0 Å². The predicted molar refractivity (Wildman–Crippen MR) is 523 cm³/mol. The highest BCUT2D eigenvalue weighted by Gasteiger charge is 2.63. The Morgan fingerprint density at radius 1 is 0.192 bits per heavy atom. The number of para-hydroxylation sites is 4. The molecule has 0 aliphatic heterocycles.